The molecule has 1 aliphatic carbocycles. The first-order chi connectivity index (χ1) is 11.7. The lowest BCUT2D eigenvalue weighted by Crippen LogP contribution is -2.28. The predicted molar refractivity (Wildman–Crippen MR) is 91.6 cm³/mol. The Bertz CT molecular complexity index is 762. The number of hydrogen-bond donors (Lipinski definition) is 2. The van der Waals surface area contributed by atoms with E-state index in [0.717, 1.165) is 42.4 Å². The van der Waals surface area contributed by atoms with Gasteiger partial charge in [0.2, 0.25) is 0 Å². The molecule has 1 fully saturated rings. The maximum Gasteiger partial charge on any atom is 0.341 e. The lowest BCUT2D eigenvalue weighted by molar-refractivity contribution is 0.0601. The first kappa shape index (κ1) is 16.3. The van der Waals surface area contributed by atoms with Crippen LogP contribution in [-0.4, -0.2) is 29.1 Å². The molecule has 2 unspecified atom stereocenters. The highest BCUT2D eigenvalue weighted by Gasteiger charge is 2.24. The molecule has 0 bridgehead atoms. The number of esters is 1. The average Bonchev–Trinajstić information content (AvgIpc) is 3.09. The van der Waals surface area contributed by atoms with Crippen molar-refractivity contribution in [3.05, 3.63) is 24.0 Å². The summed E-state index contributed by atoms with van der Waals surface area (Å²) in [7, 11) is 1.38. The Morgan fingerprint density at radius 1 is 1.54 bits per heavy atom. The SMILES string of the molecule is COC(=O)c1cnc2[nH]ccc2c1NC1CCCC(CCC#N)C1. The summed E-state index contributed by atoms with van der Waals surface area (Å²) in [4.78, 5) is 19.5. The molecule has 2 atom stereocenters. The van der Waals surface area contributed by atoms with Gasteiger partial charge in [-0.25, -0.2) is 9.78 Å². The second-order valence-corrected chi connectivity index (χ2v) is 6.35. The van der Waals surface area contributed by atoms with Gasteiger partial charge in [0.15, 0.2) is 0 Å². The molecular formula is C18H22N4O2. The fraction of sp³-hybridized carbons (Fsp3) is 0.500. The van der Waals surface area contributed by atoms with Crippen molar-refractivity contribution in [2.75, 3.05) is 12.4 Å². The predicted octanol–water partition coefficient (Wildman–Crippen LogP) is 3.62. The van der Waals surface area contributed by atoms with E-state index < -0.39 is 0 Å². The van der Waals surface area contributed by atoms with Crippen LogP contribution in [0.1, 0.15) is 48.9 Å². The number of carbonyl (C=O) groups excluding carboxylic acids is 1. The van der Waals surface area contributed by atoms with Gasteiger partial charge in [0.1, 0.15) is 11.2 Å². The lowest BCUT2D eigenvalue weighted by atomic mass is 9.83. The molecule has 2 heterocycles. The number of rotatable bonds is 5. The van der Waals surface area contributed by atoms with Crippen LogP contribution in [0.4, 0.5) is 5.69 Å². The standard InChI is InChI=1S/C18H22N4O2/c1-24-18(23)15-11-21-17-14(7-9-20-17)16(15)22-13-6-2-4-12(10-13)5-3-8-19/h7,9,11-13H,2-6,10H2,1H3,(H2,20,21,22). The third kappa shape index (κ3) is 3.35. The number of hydrogen-bond acceptors (Lipinski definition) is 5. The third-order valence-electron chi connectivity index (χ3n) is 4.79. The molecule has 0 aliphatic heterocycles. The molecule has 6 nitrogen and oxygen atoms in total. The summed E-state index contributed by atoms with van der Waals surface area (Å²) in [5.41, 5.74) is 2.00. The van der Waals surface area contributed by atoms with Crippen LogP contribution in [0.3, 0.4) is 0 Å². The Labute approximate surface area is 141 Å². The molecule has 2 N–H and O–H groups in total. The third-order valence-corrected chi connectivity index (χ3v) is 4.79. The summed E-state index contributed by atoms with van der Waals surface area (Å²) in [6.45, 7) is 0. The van der Waals surface area contributed by atoms with Gasteiger partial charge in [-0.1, -0.05) is 12.8 Å². The molecule has 2 aromatic rings. The summed E-state index contributed by atoms with van der Waals surface area (Å²) in [6, 6.07) is 4.46. The van der Waals surface area contributed by atoms with Crippen LogP contribution >= 0.6 is 0 Å². The highest BCUT2D eigenvalue weighted by molar-refractivity contribution is 6.04. The van der Waals surface area contributed by atoms with Crippen LogP contribution in [0.2, 0.25) is 0 Å². The second kappa shape index (κ2) is 7.35. The van der Waals surface area contributed by atoms with E-state index in [1.54, 1.807) is 6.20 Å². The van der Waals surface area contributed by atoms with Gasteiger partial charge in [-0.2, -0.15) is 5.26 Å². The number of carbonyl (C=O) groups is 1. The van der Waals surface area contributed by atoms with E-state index >= 15 is 0 Å². The quantitative estimate of drug-likeness (QED) is 0.819. The van der Waals surface area contributed by atoms with Crippen LogP contribution in [0.25, 0.3) is 11.0 Å². The molecule has 0 radical (unpaired) electrons. The number of nitrogens with zero attached hydrogens (tertiary/aromatic N) is 2. The minimum Gasteiger partial charge on any atom is -0.465 e. The fourth-order valence-electron chi connectivity index (χ4n) is 3.59. The minimum absolute atomic E-state index is 0.298. The van der Waals surface area contributed by atoms with Crippen molar-refractivity contribution in [2.45, 2.75) is 44.6 Å². The molecule has 0 amide bonds. The van der Waals surface area contributed by atoms with Crippen molar-refractivity contribution >= 4 is 22.7 Å². The Balaban J connectivity index is 1.84. The van der Waals surface area contributed by atoms with Gasteiger partial charge in [0.05, 0.1) is 18.9 Å². The fourth-order valence-corrected chi connectivity index (χ4v) is 3.59. The van der Waals surface area contributed by atoms with Crippen molar-refractivity contribution in [1.29, 1.82) is 5.26 Å². The maximum atomic E-state index is 12.1. The Morgan fingerprint density at radius 3 is 3.21 bits per heavy atom. The number of methoxy groups -OCH3 is 1. The molecule has 6 heteroatoms. The largest absolute Gasteiger partial charge is 0.465 e. The van der Waals surface area contributed by atoms with Crippen molar-refractivity contribution < 1.29 is 9.53 Å². The van der Waals surface area contributed by atoms with Crippen molar-refractivity contribution in [3.63, 3.8) is 0 Å². The van der Waals surface area contributed by atoms with Gasteiger partial charge in [-0.05, 0) is 31.2 Å². The molecule has 2 aromatic heterocycles. The molecule has 0 spiro atoms. The number of anilines is 1. The summed E-state index contributed by atoms with van der Waals surface area (Å²) < 4.78 is 4.90. The topological polar surface area (TPSA) is 90.8 Å². The number of nitrogens with one attached hydrogen (secondary N) is 2. The lowest BCUT2D eigenvalue weighted by Gasteiger charge is -2.30. The van der Waals surface area contributed by atoms with E-state index in [1.165, 1.54) is 13.5 Å². The molecule has 1 saturated carbocycles. The van der Waals surface area contributed by atoms with E-state index in [-0.39, 0.29) is 5.97 Å². The Hall–Kier alpha value is -2.55. The van der Waals surface area contributed by atoms with Crippen LogP contribution in [-0.2, 0) is 4.74 Å². The molecular weight excluding hydrogens is 304 g/mol. The van der Waals surface area contributed by atoms with Gasteiger partial charge in [-0.15, -0.1) is 0 Å². The Kier molecular flexibility index (Phi) is 4.99. The van der Waals surface area contributed by atoms with E-state index in [2.05, 4.69) is 21.4 Å². The monoisotopic (exact) mass is 326 g/mol. The minimum atomic E-state index is -0.384. The number of ether oxygens (including phenoxy) is 1. The van der Waals surface area contributed by atoms with Gasteiger partial charge < -0.3 is 15.0 Å². The number of H-pyrrole nitrogens is 1. The highest BCUT2D eigenvalue weighted by atomic mass is 16.5. The summed E-state index contributed by atoms with van der Waals surface area (Å²) in [5.74, 6) is 0.186. The smallest absolute Gasteiger partial charge is 0.341 e. The number of nitriles is 1. The van der Waals surface area contributed by atoms with E-state index in [9.17, 15) is 4.79 Å². The number of aromatic nitrogens is 2. The molecule has 0 saturated heterocycles. The average molecular weight is 326 g/mol. The van der Waals surface area contributed by atoms with E-state index in [1.807, 2.05) is 12.3 Å². The van der Waals surface area contributed by atoms with Crippen LogP contribution < -0.4 is 5.32 Å². The van der Waals surface area contributed by atoms with Crippen LogP contribution in [0.15, 0.2) is 18.5 Å². The van der Waals surface area contributed by atoms with Crippen LogP contribution in [0, 0.1) is 17.2 Å². The van der Waals surface area contributed by atoms with Crippen molar-refractivity contribution in [1.82, 2.24) is 9.97 Å². The molecule has 1 aliphatic rings. The van der Waals surface area contributed by atoms with Gasteiger partial charge in [0, 0.05) is 30.2 Å². The van der Waals surface area contributed by atoms with Gasteiger partial charge in [0.25, 0.3) is 0 Å². The normalized spacial score (nSPS) is 20.5. The summed E-state index contributed by atoms with van der Waals surface area (Å²) in [5, 5.41) is 13.2. The number of aromatic amines is 1. The highest BCUT2D eigenvalue weighted by Crippen LogP contribution is 2.33. The van der Waals surface area contributed by atoms with Gasteiger partial charge in [-0.3, -0.25) is 0 Å². The maximum absolute atomic E-state index is 12.1. The first-order valence-electron chi connectivity index (χ1n) is 8.40. The van der Waals surface area contributed by atoms with E-state index in [4.69, 9.17) is 10.00 Å². The molecule has 0 aromatic carbocycles. The number of fused-ring (bicyclic) bond motifs is 1. The van der Waals surface area contributed by atoms with Crippen molar-refractivity contribution in [3.8, 4) is 6.07 Å². The molecule has 24 heavy (non-hydrogen) atoms. The zero-order valence-corrected chi connectivity index (χ0v) is 13.8. The van der Waals surface area contributed by atoms with Gasteiger partial charge >= 0.3 is 5.97 Å². The molecule has 3 rings (SSSR count). The summed E-state index contributed by atoms with van der Waals surface area (Å²) >= 11 is 0. The van der Waals surface area contributed by atoms with Crippen LogP contribution in [0.5, 0.6) is 0 Å². The van der Waals surface area contributed by atoms with E-state index in [0.29, 0.717) is 23.9 Å². The zero-order chi connectivity index (χ0) is 16.9. The molecule has 126 valence electrons. The Morgan fingerprint density at radius 2 is 2.42 bits per heavy atom. The first-order valence-corrected chi connectivity index (χ1v) is 8.40. The number of pyridine rings is 1. The summed E-state index contributed by atoms with van der Waals surface area (Å²) in [6.07, 6.45) is 9.36. The zero-order valence-electron chi connectivity index (χ0n) is 13.8. The van der Waals surface area contributed by atoms with Crippen molar-refractivity contribution in [2.24, 2.45) is 5.92 Å². The second-order valence-electron chi connectivity index (χ2n) is 6.35.